The minimum Gasteiger partial charge on any atom is -0.507 e. The lowest BCUT2D eigenvalue weighted by atomic mass is 9.97. The molecule has 64 valence electrons. The lowest BCUT2D eigenvalue weighted by molar-refractivity contribution is 0.0572. The number of hydrogen-bond acceptors (Lipinski definition) is 3. The molecule has 0 aromatic carbocycles. The third kappa shape index (κ3) is 1.87. The molecule has 0 bridgehead atoms. The molecule has 11 heavy (non-hydrogen) atoms. The molecule has 0 saturated heterocycles. The van der Waals surface area contributed by atoms with Crippen molar-refractivity contribution >= 4 is 0 Å². The molecule has 1 aliphatic rings. The lowest BCUT2D eigenvalue weighted by Crippen LogP contribution is -2.35. The SMILES string of the molecule is CC(C)[C@H]1C[C@@H](N)C(O)=CO1. The molecule has 0 spiro atoms. The van der Waals surface area contributed by atoms with E-state index in [-0.39, 0.29) is 17.9 Å². The molecule has 0 unspecified atom stereocenters. The van der Waals surface area contributed by atoms with Crippen molar-refractivity contribution in [3.8, 4) is 0 Å². The fourth-order valence-electron chi connectivity index (χ4n) is 1.10. The highest BCUT2D eigenvalue weighted by Gasteiger charge is 2.24. The Hall–Kier alpha value is -0.700. The molecule has 2 atom stereocenters. The van der Waals surface area contributed by atoms with Crippen LogP contribution in [-0.4, -0.2) is 17.3 Å². The fourth-order valence-corrected chi connectivity index (χ4v) is 1.10. The van der Waals surface area contributed by atoms with Gasteiger partial charge in [-0.05, 0) is 5.92 Å². The second kappa shape index (κ2) is 3.13. The molecule has 0 aromatic rings. The van der Waals surface area contributed by atoms with Gasteiger partial charge >= 0.3 is 0 Å². The quantitative estimate of drug-likeness (QED) is 0.600. The molecule has 3 nitrogen and oxygen atoms in total. The number of aliphatic hydroxyl groups is 1. The van der Waals surface area contributed by atoms with Gasteiger partial charge in [0.15, 0.2) is 0 Å². The van der Waals surface area contributed by atoms with Crippen molar-refractivity contribution in [1.82, 2.24) is 0 Å². The Morgan fingerprint density at radius 2 is 2.36 bits per heavy atom. The van der Waals surface area contributed by atoms with Gasteiger partial charge in [-0.15, -0.1) is 0 Å². The molecule has 0 saturated carbocycles. The van der Waals surface area contributed by atoms with Crippen LogP contribution in [0.2, 0.25) is 0 Å². The van der Waals surface area contributed by atoms with E-state index in [1.165, 1.54) is 6.26 Å². The van der Waals surface area contributed by atoms with Crippen LogP contribution in [0.25, 0.3) is 0 Å². The molecule has 1 rings (SSSR count). The van der Waals surface area contributed by atoms with Crippen molar-refractivity contribution in [2.45, 2.75) is 32.4 Å². The van der Waals surface area contributed by atoms with E-state index in [0.29, 0.717) is 12.3 Å². The summed E-state index contributed by atoms with van der Waals surface area (Å²) in [6.45, 7) is 4.15. The highest BCUT2D eigenvalue weighted by Crippen LogP contribution is 2.20. The van der Waals surface area contributed by atoms with Gasteiger partial charge in [0.25, 0.3) is 0 Å². The highest BCUT2D eigenvalue weighted by atomic mass is 16.5. The smallest absolute Gasteiger partial charge is 0.143 e. The van der Waals surface area contributed by atoms with Crippen LogP contribution in [0.3, 0.4) is 0 Å². The summed E-state index contributed by atoms with van der Waals surface area (Å²) < 4.78 is 5.23. The van der Waals surface area contributed by atoms with Crippen LogP contribution in [0, 0.1) is 5.92 Å². The van der Waals surface area contributed by atoms with Crippen molar-refractivity contribution in [2.75, 3.05) is 0 Å². The van der Waals surface area contributed by atoms with Gasteiger partial charge in [0.1, 0.15) is 18.1 Å². The number of ether oxygens (including phenoxy) is 1. The van der Waals surface area contributed by atoms with E-state index < -0.39 is 0 Å². The first-order valence-corrected chi connectivity index (χ1v) is 3.91. The van der Waals surface area contributed by atoms with E-state index in [4.69, 9.17) is 15.6 Å². The molecule has 0 aliphatic carbocycles. The topological polar surface area (TPSA) is 55.5 Å². The summed E-state index contributed by atoms with van der Waals surface area (Å²) >= 11 is 0. The first-order chi connectivity index (χ1) is 5.11. The van der Waals surface area contributed by atoms with Crippen LogP contribution in [0.1, 0.15) is 20.3 Å². The van der Waals surface area contributed by atoms with Gasteiger partial charge in [-0.25, -0.2) is 0 Å². The zero-order chi connectivity index (χ0) is 8.43. The second-order valence-electron chi connectivity index (χ2n) is 3.30. The average Bonchev–Trinajstić information content (AvgIpc) is 1.94. The highest BCUT2D eigenvalue weighted by molar-refractivity contribution is 5.01. The Labute approximate surface area is 66.8 Å². The van der Waals surface area contributed by atoms with Gasteiger partial charge in [-0.2, -0.15) is 0 Å². The standard InChI is InChI=1S/C8H15NO2/c1-5(2)8-3-6(9)7(10)4-11-8/h4-6,8,10H,3,9H2,1-2H3/t6-,8-/m1/s1. The average molecular weight is 157 g/mol. The Morgan fingerprint density at radius 3 is 2.82 bits per heavy atom. The van der Waals surface area contributed by atoms with E-state index in [2.05, 4.69) is 13.8 Å². The summed E-state index contributed by atoms with van der Waals surface area (Å²) in [5, 5.41) is 9.09. The monoisotopic (exact) mass is 157 g/mol. The first-order valence-electron chi connectivity index (χ1n) is 3.91. The second-order valence-corrected chi connectivity index (χ2v) is 3.30. The Balaban J connectivity index is 2.55. The van der Waals surface area contributed by atoms with Crippen molar-refractivity contribution in [3.63, 3.8) is 0 Å². The van der Waals surface area contributed by atoms with E-state index in [1.54, 1.807) is 0 Å². The largest absolute Gasteiger partial charge is 0.507 e. The molecule has 3 heteroatoms. The zero-order valence-corrected chi connectivity index (χ0v) is 6.95. The van der Waals surface area contributed by atoms with Gasteiger partial charge in [0.05, 0.1) is 6.04 Å². The molecule has 1 heterocycles. The van der Waals surface area contributed by atoms with Gasteiger partial charge in [-0.1, -0.05) is 13.8 Å². The van der Waals surface area contributed by atoms with E-state index in [0.717, 1.165) is 0 Å². The van der Waals surface area contributed by atoms with Crippen LogP contribution in [0.15, 0.2) is 12.0 Å². The number of rotatable bonds is 1. The summed E-state index contributed by atoms with van der Waals surface area (Å²) in [6.07, 6.45) is 2.22. The minimum atomic E-state index is -0.240. The van der Waals surface area contributed by atoms with E-state index in [9.17, 15) is 0 Å². The van der Waals surface area contributed by atoms with Gasteiger partial charge < -0.3 is 15.6 Å². The Morgan fingerprint density at radius 1 is 1.73 bits per heavy atom. The van der Waals surface area contributed by atoms with Crippen LogP contribution < -0.4 is 5.73 Å². The fraction of sp³-hybridized carbons (Fsp3) is 0.750. The van der Waals surface area contributed by atoms with Gasteiger partial charge in [0.2, 0.25) is 0 Å². The number of nitrogens with two attached hydrogens (primary N) is 1. The molecule has 0 radical (unpaired) electrons. The van der Waals surface area contributed by atoms with Crippen LogP contribution in [-0.2, 0) is 4.74 Å². The van der Waals surface area contributed by atoms with Crippen molar-refractivity contribution in [2.24, 2.45) is 11.7 Å². The molecular formula is C8H15NO2. The zero-order valence-electron chi connectivity index (χ0n) is 6.95. The number of hydrogen-bond donors (Lipinski definition) is 2. The van der Waals surface area contributed by atoms with E-state index in [1.807, 2.05) is 0 Å². The number of aliphatic hydroxyl groups excluding tert-OH is 1. The maximum absolute atomic E-state index is 9.09. The molecular weight excluding hydrogens is 142 g/mol. The maximum atomic E-state index is 9.09. The van der Waals surface area contributed by atoms with Crippen LogP contribution >= 0.6 is 0 Å². The van der Waals surface area contributed by atoms with Crippen LogP contribution in [0.4, 0.5) is 0 Å². The maximum Gasteiger partial charge on any atom is 0.143 e. The van der Waals surface area contributed by atoms with Crippen molar-refractivity contribution in [3.05, 3.63) is 12.0 Å². The molecule has 1 aliphatic heterocycles. The lowest BCUT2D eigenvalue weighted by Gasteiger charge is -2.27. The first kappa shape index (κ1) is 8.40. The normalized spacial score (nSPS) is 31.5. The summed E-state index contributed by atoms with van der Waals surface area (Å²) in [7, 11) is 0. The third-order valence-electron chi connectivity index (χ3n) is 1.97. The summed E-state index contributed by atoms with van der Waals surface area (Å²) in [5.41, 5.74) is 5.61. The van der Waals surface area contributed by atoms with E-state index >= 15 is 0 Å². The van der Waals surface area contributed by atoms with Gasteiger partial charge in [-0.3, -0.25) is 0 Å². The summed E-state index contributed by atoms with van der Waals surface area (Å²) in [5.74, 6) is 0.604. The Bertz CT molecular complexity index is 165. The minimum absolute atomic E-state index is 0.154. The molecule has 3 N–H and O–H groups in total. The predicted molar refractivity (Wildman–Crippen MR) is 43.0 cm³/mol. The third-order valence-corrected chi connectivity index (χ3v) is 1.97. The molecule has 0 amide bonds. The Kier molecular flexibility index (Phi) is 2.39. The predicted octanol–water partition coefficient (Wildman–Crippen LogP) is 1.16. The van der Waals surface area contributed by atoms with Gasteiger partial charge in [0, 0.05) is 6.42 Å². The molecule has 0 aromatic heterocycles. The molecule has 0 fully saturated rings. The summed E-state index contributed by atoms with van der Waals surface area (Å²) in [6, 6.07) is -0.240. The van der Waals surface area contributed by atoms with Crippen molar-refractivity contribution in [1.29, 1.82) is 0 Å². The van der Waals surface area contributed by atoms with Crippen molar-refractivity contribution < 1.29 is 9.84 Å². The van der Waals surface area contributed by atoms with Crippen LogP contribution in [0.5, 0.6) is 0 Å². The summed E-state index contributed by atoms with van der Waals surface area (Å²) in [4.78, 5) is 0.